The molecule has 3 aromatic rings. The molecule has 1 amide bonds. The summed E-state index contributed by atoms with van der Waals surface area (Å²) in [5, 5.41) is 1.26. The fourth-order valence-corrected chi connectivity index (χ4v) is 6.24. The zero-order valence-electron chi connectivity index (χ0n) is 23.0. The Labute approximate surface area is 234 Å². The molecular weight excluding hydrogens is 506 g/mol. The van der Waals surface area contributed by atoms with Gasteiger partial charge in [-0.1, -0.05) is 24.3 Å². The van der Waals surface area contributed by atoms with Crippen molar-refractivity contribution in [2.45, 2.75) is 69.8 Å². The average molecular weight is 544 g/mol. The molecule has 4 heterocycles. The lowest BCUT2D eigenvalue weighted by atomic mass is 9.84. The van der Waals surface area contributed by atoms with Crippen molar-refractivity contribution in [2.75, 3.05) is 19.7 Å². The number of para-hydroxylation sites is 1. The number of fused-ring (bicyclic) bond motifs is 2. The van der Waals surface area contributed by atoms with Crippen LogP contribution in [0.3, 0.4) is 0 Å². The molecule has 3 unspecified atom stereocenters. The first kappa shape index (κ1) is 26.7. The second-order valence-electron chi connectivity index (χ2n) is 11.2. The van der Waals surface area contributed by atoms with Crippen LogP contribution in [0, 0.1) is 0 Å². The summed E-state index contributed by atoms with van der Waals surface area (Å²) in [6, 6.07) is 14.2. The Morgan fingerprint density at radius 2 is 2.08 bits per heavy atom. The number of benzene rings is 2. The van der Waals surface area contributed by atoms with Crippen LogP contribution in [0.5, 0.6) is 5.75 Å². The van der Waals surface area contributed by atoms with E-state index in [9.17, 15) is 9.59 Å². The zero-order chi connectivity index (χ0) is 27.5. The van der Waals surface area contributed by atoms with Crippen molar-refractivity contribution in [2.24, 2.45) is 0 Å². The minimum Gasteiger partial charge on any atom is -0.486 e. The number of amides is 1. The van der Waals surface area contributed by atoms with Crippen LogP contribution in [0.15, 0.2) is 54.7 Å². The molecule has 0 saturated carbocycles. The van der Waals surface area contributed by atoms with Crippen molar-refractivity contribution in [1.29, 1.82) is 0 Å². The molecule has 1 aromatic heterocycles. The number of nitrogens with one attached hydrogen (secondary N) is 2. The Morgan fingerprint density at radius 1 is 1.18 bits per heavy atom. The Morgan fingerprint density at radius 3 is 2.95 bits per heavy atom. The molecule has 2 fully saturated rings. The molecule has 3 aliphatic heterocycles. The zero-order valence-corrected chi connectivity index (χ0v) is 23.0. The van der Waals surface area contributed by atoms with Crippen molar-refractivity contribution in [3.63, 3.8) is 0 Å². The highest BCUT2D eigenvalue weighted by Gasteiger charge is 2.42. The predicted molar refractivity (Wildman–Crippen MR) is 153 cm³/mol. The van der Waals surface area contributed by atoms with Crippen LogP contribution in [0.4, 0.5) is 0 Å². The topological polar surface area (TPSA) is 92.9 Å². The quantitative estimate of drug-likeness (QED) is 0.306. The van der Waals surface area contributed by atoms with E-state index in [0.717, 1.165) is 62.7 Å². The molecule has 40 heavy (non-hydrogen) atoms. The SMILES string of the molecule is CC(c1c[nH]c2ccccc12)N1CCCC2(CC1)CC(=O)c1cc(C=CC(=O)NOC3CCCCO3)ccc1O2. The van der Waals surface area contributed by atoms with Gasteiger partial charge < -0.3 is 14.5 Å². The molecule has 0 bridgehead atoms. The number of likely N-dealkylation sites (tertiary alicyclic amines) is 1. The van der Waals surface area contributed by atoms with Crippen LogP contribution in [0.2, 0.25) is 0 Å². The van der Waals surface area contributed by atoms with E-state index in [1.165, 1.54) is 17.0 Å². The van der Waals surface area contributed by atoms with Gasteiger partial charge in [-0.3, -0.25) is 14.5 Å². The number of aromatic amines is 1. The maximum Gasteiger partial charge on any atom is 0.267 e. The number of Topliss-reactive ketones (excluding diaryl/α,β-unsaturated/α-hetero) is 1. The van der Waals surface area contributed by atoms with Gasteiger partial charge in [-0.05, 0) is 74.6 Å². The van der Waals surface area contributed by atoms with Crippen molar-refractivity contribution in [3.05, 3.63) is 71.4 Å². The number of ether oxygens (including phenoxy) is 2. The smallest absolute Gasteiger partial charge is 0.267 e. The number of rotatable bonds is 6. The molecule has 210 valence electrons. The first-order valence-corrected chi connectivity index (χ1v) is 14.4. The fourth-order valence-electron chi connectivity index (χ4n) is 6.24. The summed E-state index contributed by atoms with van der Waals surface area (Å²) in [6.07, 6.45) is 10.6. The van der Waals surface area contributed by atoms with Gasteiger partial charge in [-0.2, -0.15) is 0 Å². The van der Waals surface area contributed by atoms with E-state index in [0.29, 0.717) is 24.3 Å². The maximum atomic E-state index is 13.4. The summed E-state index contributed by atoms with van der Waals surface area (Å²) in [5.74, 6) is 0.351. The number of carbonyl (C=O) groups is 2. The van der Waals surface area contributed by atoms with E-state index < -0.39 is 11.9 Å². The van der Waals surface area contributed by atoms with E-state index in [1.807, 2.05) is 18.2 Å². The fraction of sp³-hybridized carbons (Fsp3) is 0.438. The van der Waals surface area contributed by atoms with Gasteiger partial charge in [0.1, 0.15) is 11.4 Å². The summed E-state index contributed by atoms with van der Waals surface area (Å²) < 4.78 is 12.0. The molecule has 2 N–H and O–H groups in total. The van der Waals surface area contributed by atoms with E-state index in [2.05, 4.69) is 52.8 Å². The van der Waals surface area contributed by atoms with Gasteiger partial charge in [0.05, 0.1) is 12.0 Å². The van der Waals surface area contributed by atoms with Gasteiger partial charge in [0.25, 0.3) is 5.91 Å². The number of carbonyl (C=O) groups excluding carboxylic acids is 2. The van der Waals surface area contributed by atoms with Crippen LogP contribution in [0.25, 0.3) is 17.0 Å². The third kappa shape index (κ3) is 5.70. The van der Waals surface area contributed by atoms with Gasteiger partial charge >= 0.3 is 0 Å². The van der Waals surface area contributed by atoms with Gasteiger partial charge in [0, 0.05) is 55.2 Å². The van der Waals surface area contributed by atoms with Crippen LogP contribution in [-0.2, 0) is 14.4 Å². The lowest BCUT2D eigenvalue weighted by molar-refractivity contribution is -0.198. The normalized spacial score (nSPS) is 24.5. The molecule has 8 nitrogen and oxygen atoms in total. The van der Waals surface area contributed by atoms with E-state index >= 15 is 0 Å². The summed E-state index contributed by atoms with van der Waals surface area (Å²) in [4.78, 5) is 36.8. The van der Waals surface area contributed by atoms with E-state index in [1.54, 1.807) is 6.08 Å². The minimum absolute atomic E-state index is 0.0943. The number of aromatic nitrogens is 1. The Bertz CT molecular complexity index is 1410. The highest BCUT2D eigenvalue weighted by Crippen LogP contribution is 2.41. The number of ketones is 1. The molecule has 1 spiro atoms. The Kier molecular flexibility index (Phi) is 7.74. The summed E-state index contributed by atoms with van der Waals surface area (Å²) in [6.45, 7) is 4.74. The Balaban J connectivity index is 1.09. The number of hydroxylamine groups is 1. The molecule has 2 saturated heterocycles. The van der Waals surface area contributed by atoms with Gasteiger partial charge in [-0.15, -0.1) is 0 Å². The van der Waals surface area contributed by atoms with Crippen molar-refractivity contribution < 1.29 is 23.9 Å². The number of hydrogen-bond acceptors (Lipinski definition) is 6. The third-order valence-electron chi connectivity index (χ3n) is 8.52. The van der Waals surface area contributed by atoms with Crippen LogP contribution >= 0.6 is 0 Å². The maximum absolute atomic E-state index is 13.4. The van der Waals surface area contributed by atoms with Gasteiger partial charge in [0.2, 0.25) is 0 Å². The average Bonchev–Trinajstić information content (AvgIpc) is 3.31. The number of nitrogens with zero attached hydrogens (tertiary/aromatic N) is 1. The van der Waals surface area contributed by atoms with Crippen LogP contribution < -0.4 is 10.2 Å². The minimum atomic E-state index is -0.478. The van der Waals surface area contributed by atoms with Gasteiger partial charge in [0.15, 0.2) is 12.1 Å². The highest BCUT2D eigenvalue weighted by molar-refractivity contribution is 6.01. The number of H-pyrrole nitrogens is 1. The predicted octanol–water partition coefficient (Wildman–Crippen LogP) is 5.71. The summed E-state index contributed by atoms with van der Waals surface area (Å²) in [5.41, 5.74) is 5.74. The molecule has 0 radical (unpaired) electrons. The van der Waals surface area contributed by atoms with E-state index in [4.69, 9.17) is 14.3 Å². The van der Waals surface area contributed by atoms with Crippen molar-refractivity contribution >= 4 is 28.7 Å². The molecule has 3 atom stereocenters. The second kappa shape index (κ2) is 11.6. The lowest BCUT2D eigenvalue weighted by Gasteiger charge is -2.38. The van der Waals surface area contributed by atoms with Crippen LogP contribution in [-0.4, -0.2) is 53.2 Å². The standard InChI is InChI=1S/C32H37N3O5/c1-22(26-21-33-27-8-3-2-7-24(26)27)35-16-6-14-32(15-17-35)20-28(36)25-19-23(10-12-29(25)39-32)11-13-30(37)34-40-31-9-4-5-18-38-31/h2-3,7-8,10-13,19,21-22,31,33H,4-6,9,14-18,20H2,1H3,(H,34,37). The molecule has 2 aromatic carbocycles. The van der Waals surface area contributed by atoms with E-state index in [-0.39, 0.29) is 17.7 Å². The third-order valence-corrected chi connectivity index (χ3v) is 8.52. The lowest BCUT2D eigenvalue weighted by Crippen LogP contribution is -2.43. The first-order valence-electron chi connectivity index (χ1n) is 14.4. The molecular formula is C32H37N3O5. The molecule has 6 rings (SSSR count). The number of hydrogen-bond donors (Lipinski definition) is 2. The van der Waals surface area contributed by atoms with Crippen LogP contribution in [0.1, 0.15) is 79.4 Å². The van der Waals surface area contributed by atoms with Gasteiger partial charge in [-0.25, -0.2) is 10.3 Å². The summed E-state index contributed by atoms with van der Waals surface area (Å²) in [7, 11) is 0. The molecule has 0 aliphatic carbocycles. The first-order chi connectivity index (χ1) is 19.5. The largest absolute Gasteiger partial charge is 0.486 e. The monoisotopic (exact) mass is 543 g/mol. The molecule has 3 aliphatic rings. The van der Waals surface area contributed by atoms with Crippen molar-refractivity contribution in [1.82, 2.24) is 15.4 Å². The Hall–Kier alpha value is -3.46. The summed E-state index contributed by atoms with van der Waals surface area (Å²) >= 11 is 0. The highest BCUT2D eigenvalue weighted by atomic mass is 16.8. The second-order valence-corrected chi connectivity index (χ2v) is 11.2. The molecule has 8 heteroatoms. The van der Waals surface area contributed by atoms with Crippen molar-refractivity contribution in [3.8, 4) is 5.75 Å².